The molecule has 0 saturated carbocycles. The Labute approximate surface area is 248 Å². The lowest BCUT2D eigenvalue weighted by molar-refractivity contribution is -0.144. The molecular weight excluding hydrogens is 536 g/mol. The molecule has 0 amide bonds. The van der Waals surface area contributed by atoms with E-state index in [1.54, 1.807) is 12.1 Å². The van der Waals surface area contributed by atoms with Crippen LogP contribution in [0, 0.1) is 25.7 Å². The van der Waals surface area contributed by atoms with Gasteiger partial charge in [0.25, 0.3) is 0 Å². The van der Waals surface area contributed by atoms with Crippen molar-refractivity contribution in [3.05, 3.63) is 57.6 Å². The Balaban J connectivity index is 2.08. The van der Waals surface area contributed by atoms with Crippen LogP contribution in [-0.2, 0) is 42.8 Å². The molecule has 0 spiro atoms. The molecule has 230 valence electrons. The number of benzene rings is 2. The summed E-state index contributed by atoms with van der Waals surface area (Å²) in [6, 6.07) is 7.16. The summed E-state index contributed by atoms with van der Waals surface area (Å²) < 4.78 is 0. The molecule has 2 aromatic carbocycles. The van der Waals surface area contributed by atoms with E-state index in [9.17, 15) is 39.6 Å². The molecule has 0 aliphatic carbocycles. The van der Waals surface area contributed by atoms with Gasteiger partial charge in [-0.1, -0.05) is 76.9 Å². The van der Waals surface area contributed by atoms with Crippen LogP contribution in [0.25, 0.3) is 0 Å². The third kappa shape index (κ3) is 9.43. The van der Waals surface area contributed by atoms with E-state index >= 15 is 0 Å². The minimum atomic E-state index is -1.17. The van der Waals surface area contributed by atoms with Crippen molar-refractivity contribution in [3.63, 3.8) is 0 Å². The summed E-state index contributed by atoms with van der Waals surface area (Å²) in [5.74, 6) is -5.30. The van der Waals surface area contributed by atoms with Crippen molar-refractivity contribution in [2.45, 2.75) is 105 Å². The maximum absolute atomic E-state index is 12.7. The van der Waals surface area contributed by atoms with E-state index in [0.29, 0.717) is 22.3 Å². The monoisotopic (exact) mass is 582 g/mol. The van der Waals surface area contributed by atoms with Gasteiger partial charge < -0.3 is 20.4 Å². The summed E-state index contributed by atoms with van der Waals surface area (Å²) in [5, 5.41) is 41.2. The first-order chi connectivity index (χ1) is 19.2. The Morgan fingerprint density at radius 3 is 1.19 bits per heavy atom. The molecule has 0 saturated heterocycles. The van der Waals surface area contributed by atoms with E-state index < -0.39 is 35.3 Å². The van der Waals surface area contributed by atoms with Gasteiger partial charge in [0.1, 0.15) is 23.1 Å². The highest BCUT2D eigenvalue weighted by atomic mass is 16.4. The number of carboxylic acids is 2. The average molecular weight is 583 g/mol. The molecule has 2 aromatic rings. The van der Waals surface area contributed by atoms with Crippen LogP contribution in [0.1, 0.15) is 101 Å². The second kappa shape index (κ2) is 13.5. The van der Waals surface area contributed by atoms with E-state index in [4.69, 9.17) is 0 Å². The molecule has 2 unspecified atom stereocenters. The first kappa shape index (κ1) is 34.5. The van der Waals surface area contributed by atoms with Crippen LogP contribution in [0.15, 0.2) is 24.3 Å². The van der Waals surface area contributed by atoms with Crippen molar-refractivity contribution in [1.82, 2.24) is 0 Å². The Hall–Kier alpha value is -3.68. The Morgan fingerprint density at radius 2 is 0.929 bits per heavy atom. The van der Waals surface area contributed by atoms with Gasteiger partial charge in [-0.2, -0.15) is 0 Å². The number of ketones is 2. The number of aryl methyl sites for hydroxylation is 2. The minimum absolute atomic E-state index is 0.0240. The third-order valence-electron chi connectivity index (χ3n) is 7.54. The van der Waals surface area contributed by atoms with Crippen LogP contribution >= 0.6 is 0 Å². The van der Waals surface area contributed by atoms with Gasteiger partial charge in [0.05, 0.1) is 11.8 Å². The van der Waals surface area contributed by atoms with Crippen LogP contribution in [0.4, 0.5) is 0 Å². The fourth-order valence-electron chi connectivity index (χ4n) is 5.22. The van der Waals surface area contributed by atoms with Gasteiger partial charge in [0.15, 0.2) is 0 Å². The second-order valence-corrected chi connectivity index (χ2v) is 13.6. The first-order valence-electron chi connectivity index (χ1n) is 14.4. The van der Waals surface area contributed by atoms with Crippen LogP contribution in [-0.4, -0.2) is 43.9 Å². The Kier molecular flexibility index (Phi) is 11.1. The van der Waals surface area contributed by atoms with Crippen molar-refractivity contribution >= 4 is 23.5 Å². The smallest absolute Gasteiger partial charge is 0.307 e. The molecule has 0 bridgehead atoms. The predicted molar refractivity (Wildman–Crippen MR) is 161 cm³/mol. The number of aliphatic carboxylic acids is 2. The molecule has 8 nitrogen and oxygen atoms in total. The van der Waals surface area contributed by atoms with Crippen LogP contribution in [0.5, 0.6) is 11.5 Å². The van der Waals surface area contributed by atoms with Crippen molar-refractivity contribution in [2.75, 3.05) is 0 Å². The maximum atomic E-state index is 12.7. The number of carbonyl (C=O) groups is 4. The molecule has 0 fully saturated rings. The maximum Gasteiger partial charge on any atom is 0.307 e. The summed E-state index contributed by atoms with van der Waals surface area (Å²) in [5.41, 5.74) is 3.32. The highest BCUT2D eigenvalue weighted by molar-refractivity contribution is 5.89. The van der Waals surface area contributed by atoms with E-state index in [2.05, 4.69) is 0 Å². The van der Waals surface area contributed by atoms with Crippen LogP contribution in [0.2, 0.25) is 0 Å². The molecular formula is C34H46O8. The zero-order chi connectivity index (χ0) is 32.2. The van der Waals surface area contributed by atoms with Gasteiger partial charge in [-0.05, 0) is 59.8 Å². The SMILES string of the molecule is Cc1cc(CC(CC(=O)CCC(=O)CC(Cc2cc(C)cc(C(C)(C)C)c2O)C(=O)O)C(=O)O)c(O)c(C(C)(C)C)c1. The number of phenolic OH excluding ortho intramolecular Hbond substituents is 2. The van der Waals surface area contributed by atoms with Crippen molar-refractivity contribution < 1.29 is 39.6 Å². The van der Waals surface area contributed by atoms with E-state index in [-0.39, 0.29) is 60.9 Å². The van der Waals surface area contributed by atoms with Crippen molar-refractivity contribution in [2.24, 2.45) is 11.8 Å². The van der Waals surface area contributed by atoms with Gasteiger partial charge in [-0.3, -0.25) is 19.2 Å². The van der Waals surface area contributed by atoms with E-state index in [1.165, 1.54) is 0 Å². The summed E-state index contributed by atoms with van der Waals surface area (Å²) in [4.78, 5) is 49.5. The van der Waals surface area contributed by atoms with Gasteiger partial charge in [-0.25, -0.2) is 0 Å². The molecule has 42 heavy (non-hydrogen) atoms. The van der Waals surface area contributed by atoms with Crippen LogP contribution < -0.4 is 0 Å². The fourth-order valence-corrected chi connectivity index (χ4v) is 5.22. The summed E-state index contributed by atoms with van der Waals surface area (Å²) in [6.45, 7) is 15.4. The van der Waals surface area contributed by atoms with E-state index in [0.717, 1.165) is 11.1 Å². The summed E-state index contributed by atoms with van der Waals surface area (Å²) >= 11 is 0. The zero-order valence-electron chi connectivity index (χ0n) is 26.1. The lowest BCUT2D eigenvalue weighted by Crippen LogP contribution is -2.23. The molecule has 0 aliphatic rings. The van der Waals surface area contributed by atoms with Gasteiger partial charge in [-0.15, -0.1) is 0 Å². The molecule has 0 heterocycles. The largest absolute Gasteiger partial charge is 0.507 e. The number of hydrogen-bond acceptors (Lipinski definition) is 6. The number of hydrogen-bond donors (Lipinski definition) is 4. The lowest BCUT2D eigenvalue weighted by Gasteiger charge is -2.24. The standard InChI is InChI=1S/C34H46O8/c1-19-11-21(29(37)27(13-19)33(3,4)5)15-23(31(39)40)17-25(35)9-10-26(36)18-24(32(41)42)16-22-12-20(2)14-28(30(22)38)34(6,7)8/h11-14,23-24,37-38H,9-10,15-18H2,1-8H3,(H,39,40)(H,41,42). The number of rotatable bonds is 13. The molecule has 0 radical (unpaired) electrons. The molecule has 8 heteroatoms. The summed E-state index contributed by atoms with van der Waals surface area (Å²) in [6.07, 6.45) is -1.10. The molecule has 4 N–H and O–H groups in total. The lowest BCUT2D eigenvalue weighted by atomic mass is 9.82. The van der Waals surface area contributed by atoms with E-state index in [1.807, 2.05) is 67.5 Å². The number of aromatic hydroxyl groups is 2. The third-order valence-corrected chi connectivity index (χ3v) is 7.54. The van der Waals surface area contributed by atoms with Crippen LogP contribution in [0.3, 0.4) is 0 Å². The van der Waals surface area contributed by atoms with Gasteiger partial charge >= 0.3 is 11.9 Å². The second-order valence-electron chi connectivity index (χ2n) is 13.6. The first-order valence-corrected chi connectivity index (χ1v) is 14.4. The predicted octanol–water partition coefficient (Wildman–Crippen LogP) is 6.20. The van der Waals surface area contributed by atoms with Gasteiger partial charge in [0, 0.05) is 25.7 Å². The highest BCUT2D eigenvalue weighted by Gasteiger charge is 2.29. The zero-order valence-corrected chi connectivity index (χ0v) is 26.1. The highest BCUT2D eigenvalue weighted by Crippen LogP contribution is 2.37. The molecule has 0 aromatic heterocycles. The topological polar surface area (TPSA) is 149 Å². The average Bonchev–Trinajstić information content (AvgIpc) is 2.84. The molecule has 2 rings (SSSR count). The molecule has 2 atom stereocenters. The minimum Gasteiger partial charge on any atom is -0.507 e. The quantitative estimate of drug-likeness (QED) is 0.218. The Bertz CT molecular complexity index is 1240. The fraction of sp³-hybridized carbons (Fsp3) is 0.529. The van der Waals surface area contributed by atoms with Crippen molar-refractivity contribution in [1.29, 1.82) is 0 Å². The molecule has 0 aliphatic heterocycles. The number of carbonyl (C=O) groups excluding carboxylic acids is 2. The Morgan fingerprint density at radius 1 is 0.619 bits per heavy atom. The number of carboxylic acid groups (broad SMARTS) is 2. The van der Waals surface area contributed by atoms with Gasteiger partial charge in [0.2, 0.25) is 0 Å². The van der Waals surface area contributed by atoms with Crippen molar-refractivity contribution in [3.8, 4) is 11.5 Å². The summed E-state index contributed by atoms with van der Waals surface area (Å²) in [7, 11) is 0. The normalized spacial score (nSPS) is 13.4. The number of Topliss-reactive ketones (excluding diaryl/α,β-unsaturated/α-hetero) is 2. The number of phenols is 2.